The van der Waals surface area contributed by atoms with Crippen molar-refractivity contribution in [3.63, 3.8) is 0 Å². The first-order valence-electron chi connectivity index (χ1n) is 10.8. The van der Waals surface area contributed by atoms with E-state index in [9.17, 15) is 9.18 Å². The minimum atomic E-state index is -0.286. The summed E-state index contributed by atoms with van der Waals surface area (Å²) in [7, 11) is 2.17. The number of ether oxygens (including phenoxy) is 1. The molecule has 3 aliphatic rings. The van der Waals surface area contributed by atoms with Gasteiger partial charge in [0.05, 0.1) is 6.04 Å². The second kappa shape index (κ2) is 7.91. The van der Waals surface area contributed by atoms with E-state index in [2.05, 4.69) is 35.0 Å². The number of rotatable bonds is 3. The molecule has 2 saturated heterocycles. The summed E-state index contributed by atoms with van der Waals surface area (Å²) in [5.41, 5.74) is 4.73. The molecule has 30 heavy (non-hydrogen) atoms. The van der Waals surface area contributed by atoms with Crippen LogP contribution < -0.4 is 4.90 Å². The molecule has 0 N–H and O–H groups in total. The zero-order valence-corrected chi connectivity index (χ0v) is 17.4. The molecule has 2 aromatic rings. The van der Waals surface area contributed by atoms with Crippen LogP contribution in [0.3, 0.4) is 0 Å². The number of likely N-dealkylation sites (tertiary alicyclic amines) is 1. The lowest BCUT2D eigenvalue weighted by molar-refractivity contribution is 0.0694. The molecule has 2 aliphatic heterocycles. The number of fused-ring (bicyclic) bond motifs is 5. The highest BCUT2D eigenvalue weighted by molar-refractivity contribution is 5.70. The van der Waals surface area contributed by atoms with E-state index < -0.39 is 0 Å². The number of anilines is 1. The second-order valence-electron chi connectivity index (χ2n) is 8.72. The fourth-order valence-corrected chi connectivity index (χ4v) is 5.05. The van der Waals surface area contributed by atoms with Gasteiger partial charge in [-0.15, -0.1) is 0 Å². The molecule has 2 bridgehead atoms. The fraction of sp³-hybridized carbons (Fsp3) is 0.458. The first-order valence-corrected chi connectivity index (χ1v) is 10.8. The van der Waals surface area contributed by atoms with Gasteiger partial charge in [-0.25, -0.2) is 9.18 Å². The maximum Gasteiger partial charge on any atom is 0.410 e. The first-order chi connectivity index (χ1) is 14.6. The van der Waals surface area contributed by atoms with Gasteiger partial charge in [-0.3, -0.25) is 0 Å². The van der Waals surface area contributed by atoms with Gasteiger partial charge in [-0.1, -0.05) is 18.2 Å². The summed E-state index contributed by atoms with van der Waals surface area (Å²) >= 11 is 0. The lowest BCUT2D eigenvalue weighted by atomic mass is 9.96. The lowest BCUT2D eigenvalue weighted by Crippen LogP contribution is -2.44. The summed E-state index contributed by atoms with van der Waals surface area (Å²) in [6.45, 7) is 5.10. The van der Waals surface area contributed by atoms with Gasteiger partial charge in [0.25, 0.3) is 0 Å². The molecule has 2 atom stereocenters. The first kappa shape index (κ1) is 19.4. The highest BCUT2D eigenvalue weighted by atomic mass is 19.1. The molecule has 0 aromatic heterocycles. The molecule has 2 aromatic carbocycles. The van der Waals surface area contributed by atoms with Crippen molar-refractivity contribution in [3.05, 3.63) is 65.0 Å². The number of likely N-dealkylation sites (N-methyl/N-ethyl adjacent to an activating group) is 1. The van der Waals surface area contributed by atoms with E-state index in [1.165, 1.54) is 28.9 Å². The SMILES string of the molecule is CN1CCN(c2ccc3c(c2)C2CC3CCN2C(=O)OCc2ccc(F)cc2)CC1. The molecule has 1 aliphatic carbocycles. The summed E-state index contributed by atoms with van der Waals surface area (Å²) in [6.07, 6.45) is 1.68. The third kappa shape index (κ3) is 3.65. The minimum absolute atomic E-state index is 0.0897. The molecule has 0 radical (unpaired) electrons. The van der Waals surface area contributed by atoms with E-state index in [0.29, 0.717) is 5.92 Å². The molecular formula is C24H28FN3O2. The number of halogens is 1. The minimum Gasteiger partial charge on any atom is -0.445 e. The van der Waals surface area contributed by atoms with Crippen molar-refractivity contribution in [1.82, 2.24) is 9.80 Å². The number of hydrogen-bond donors (Lipinski definition) is 0. The van der Waals surface area contributed by atoms with E-state index >= 15 is 0 Å². The summed E-state index contributed by atoms with van der Waals surface area (Å²) in [5.74, 6) is 0.249. The van der Waals surface area contributed by atoms with Gasteiger partial charge in [-0.2, -0.15) is 0 Å². The second-order valence-corrected chi connectivity index (χ2v) is 8.72. The van der Waals surface area contributed by atoms with E-state index in [-0.39, 0.29) is 24.6 Å². The van der Waals surface area contributed by atoms with Gasteiger partial charge in [-0.05, 0) is 66.8 Å². The Balaban J connectivity index is 1.31. The van der Waals surface area contributed by atoms with Crippen molar-refractivity contribution < 1.29 is 13.9 Å². The van der Waals surface area contributed by atoms with Crippen LogP contribution in [0.1, 0.15) is 41.5 Å². The summed E-state index contributed by atoms with van der Waals surface area (Å²) < 4.78 is 18.7. The average Bonchev–Trinajstić information content (AvgIpc) is 3.05. The van der Waals surface area contributed by atoms with E-state index in [1.54, 1.807) is 12.1 Å². The summed E-state index contributed by atoms with van der Waals surface area (Å²) in [5, 5.41) is 0. The van der Waals surface area contributed by atoms with Crippen molar-refractivity contribution in [2.75, 3.05) is 44.7 Å². The Morgan fingerprint density at radius 1 is 1.03 bits per heavy atom. The monoisotopic (exact) mass is 409 g/mol. The third-order valence-corrected chi connectivity index (χ3v) is 6.85. The van der Waals surface area contributed by atoms with Gasteiger partial charge in [0.1, 0.15) is 12.4 Å². The predicted molar refractivity (Wildman–Crippen MR) is 114 cm³/mol. The van der Waals surface area contributed by atoms with Crippen LogP contribution in [-0.2, 0) is 11.3 Å². The molecular weight excluding hydrogens is 381 g/mol. The Morgan fingerprint density at radius 3 is 2.57 bits per heavy atom. The molecule has 0 spiro atoms. The number of piperazine rings is 1. The quantitative estimate of drug-likeness (QED) is 0.763. The third-order valence-electron chi connectivity index (χ3n) is 6.85. The summed E-state index contributed by atoms with van der Waals surface area (Å²) in [6, 6.07) is 13.0. The molecule has 2 heterocycles. The van der Waals surface area contributed by atoms with E-state index in [4.69, 9.17) is 4.74 Å². The van der Waals surface area contributed by atoms with Crippen LogP contribution in [-0.4, -0.2) is 55.7 Å². The standard InChI is InChI=1S/C24H28FN3O2/c1-26-10-12-27(13-11-26)20-6-7-21-18-8-9-28(23(14-18)22(21)15-20)24(29)30-16-17-2-4-19(25)5-3-17/h2-7,15,18,23H,8-14,16H2,1H3. The zero-order chi connectivity index (χ0) is 20.7. The zero-order valence-electron chi connectivity index (χ0n) is 17.4. The average molecular weight is 410 g/mol. The largest absolute Gasteiger partial charge is 0.445 e. The Hall–Kier alpha value is -2.60. The predicted octanol–water partition coefficient (Wildman–Crippen LogP) is 4.15. The van der Waals surface area contributed by atoms with Crippen molar-refractivity contribution in [1.29, 1.82) is 0 Å². The molecule has 5 rings (SSSR count). The lowest BCUT2D eigenvalue weighted by Gasteiger charge is -2.35. The van der Waals surface area contributed by atoms with Crippen molar-refractivity contribution in [2.24, 2.45) is 0 Å². The molecule has 1 amide bonds. The Kier molecular flexibility index (Phi) is 5.11. The topological polar surface area (TPSA) is 36.0 Å². The van der Waals surface area contributed by atoms with Crippen LogP contribution in [0.15, 0.2) is 42.5 Å². The maximum absolute atomic E-state index is 13.1. The Bertz CT molecular complexity index is 925. The highest BCUT2D eigenvalue weighted by Gasteiger charge is 2.41. The van der Waals surface area contributed by atoms with Crippen molar-refractivity contribution in [3.8, 4) is 0 Å². The number of hydrogen-bond acceptors (Lipinski definition) is 4. The fourth-order valence-electron chi connectivity index (χ4n) is 5.05. The Labute approximate surface area is 177 Å². The number of amides is 1. The van der Waals surface area contributed by atoms with Gasteiger partial charge >= 0.3 is 6.09 Å². The van der Waals surface area contributed by atoms with Gasteiger partial charge in [0.15, 0.2) is 0 Å². The number of piperidine rings is 1. The summed E-state index contributed by atoms with van der Waals surface area (Å²) in [4.78, 5) is 19.6. The van der Waals surface area contributed by atoms with E-state index in [0.717, 1.165) is 51.1 Å². The molecule has 2 unspecified atom stereocenters. The van der Waals surface area contributed by atoms with Crippen LogP contribution in [0.4, 0.5) is 14.9 Å². The maximum atomic E-state index is 13.1. The number of nitrogens with zero attached hydrogens (tertiary/aromatic N) is 3. The number of carbonyl (C=O) groups excluding carboxylic acids is 1. The molecule has 2 fully saturated rings. The van der Waals surface area contributed by atoms with E-state index in [1.807, 2.05) is 4.90 Å². The molecule has 6 heteroatoms. The number of benzene rings is 2. The van der Waals surface area contributed by atoms with Crippen LogP contribution in [0, 0.1) is 5.82 Å². The smallest absolute Gasteiger partial charge is 0.410 e. The molecule has 0 saturated carbocycles. The van der Waals surface area contributed by atoms with Gasteiger partial charge in [0, 0.05) is 38.4 Å². The van der Waals surface area contributed by atoms with Gasteiger partial charge < -0.3 is 19.4 Å². The van der Waals surface area contributed by atoms with Crippen LogP contribution in [0.25, 0.3) is 0 Å². The highest BCUT2D eigenvalue weighted by Crippen LogP contribution is 2.50. The van der Waals surface area contributed by atoms with Crippen LogP contribution >= 0.6 is 0 Å². The number of carbonyl (C=O) groups is 1. The normalized spacial score (nSPS) is 23.4. The van der Waals surface area contributed by atoms with Crippen LogP contribution in [0.2, 0.25) is 0 Å². The van der Waals surface area contributed by atoms with Gasteiger partial charge in [0.2, 0.25) is 0 Å². The van der Waals surface area contributed by atoms with Crippen molar-refractivity contribution >= 4 is 11.8 Å². The molecule has 5 nitrogen and oxygen atoms in total. The van der Waals surface area contributed by atoms with Crippen molar-refractivity contribution in [2.45, 2.75) is 31.4 Å². The van der Waals surface area contributed by atoms with Crippen LogP contribution in [0.5, 0.6) is 0 Å². The molecule has 158 valence electrons. The Morgan fingerprint density at radius 2 is 1.80 bits per heavy atom.